The zero-order valence-electron chi connectivity index (χ0n) is 32.1. The second-order valence-corrected chi connectivity index (χ2v) is 14.2. The third-order valence-corrected chi connectivity index (χ3v) is 10.4. The van der Waals surface area contributed by atoms with Gasteiger partial charge in [-0.2, -0.15) is 42.7 Å². The molecule has 3 fully saturated rings. The lowest BCUT2D eigenvalue weighted by Gasteiger charge is -2.45. The van der Waals surface area contributed by atoms with Crippen molar-refractivity contribution in [2.45, 2.75) is 70.5 Å². The summed E-state index contributed by atoms with van der Waals surface area (Å²) in [5.74, 6) is -0.878. The molecule has 22 heteroatoms. The van der Waals surface area contributed by atoms with Gasteiger partial charge in [-0.3, -0.25) is 9.69 Å². The number of nitrogens with one attached hydrogen (secondary N) is 1. The molecule has 0 atom stereocenters. The first-order valence-electron chi connectivity index (χ1n) is 18.8. The van der Waals surface area contributed by atoms with Crippen molar-refractivity contribution in [1.82, 2.24) is 55.0 Å². The normalized spacial score (nSPS) is 16.4. The van der Waals surface area contributed by atoms with Gasteiger partial charge in [0.15, 0.2) is 0 Å². The van der Waals surface area contributed by atoms with Crippen molar-refractivity contribution in [2.24, 2.45) is 0 Å². The molecule has 16 nitrogen and oxygen atoms in total. The Morgan fingerprint density at radius 2 is 1.27 bits per heavy atom. The molecule has 0 unspecified atom stereocenters. The Bertz CT molecular complexity index is 2410. The number of carboxylic acid groups (broad SMARTS) is 1. The quantitative estimate of drug-likeness (QED) is 0.196. The number of carbonyl (C=O) groups is 2. The van der Waals surface area contributed by atoms with Crippen LogP contribution in [0.1, 0.15) is 68.6 Å². The van der Waals surface area contributed by atoms with E-state index in [0.717, 1.165) is 87.1 Å². The minimum atomic E-state index is -5.08. The lowest BCUT2D eigenvalue weighted by Crippen LogP contribution is -2.54. The highest BCUT2D eigenvalue weighted by molar-refractivity contribution is 5.85. The molecule has 2 N–H and O–H groups in total. The Labute approximate surface area is 339 Å². The number of nitrogens with zero attached hydrogens (tertiary/aromatic N) is 10. The van der Waals surface area contributed by atoms with E-state index in [0.29, 0.717) is 40.8 Å². The molecule has 6 aromatic rings. The Kier molecular flexibility index (Phi) is 13.0. The van der Waals surface area contributed by atoms with Crippen LogP contribution in [-0.4, -0.2) is 118 Å². The molecule has 4 aromatic heterocycles. The summed E-state index contributed by atoms with van der Waals surface area (Å²) in [5, 5.41) is 29.2. The zero-order valence-corrected chi connectivity index (χ0v) is 32.9. The zero-order chi connectivity index (χ0) is 41.3. The largest absolute Gasteiger partial charge is 0.490 e. The lowest BCUT2D eigenvalue weighted by molar-refractivity contribution is -0.192. The molecule has 9 rings (SSSR count). The summed E-state index contributed by atoms with van der Waals surface area (Å²) in [6, 6.07) is 9.77. The number of hydrogen-bond acceptors (Lipinski definition) is 12. The van der Waals surface area contributed by atoms with E-state index in [1.54, 1.807) is 28.4 Å². The number of rotatable bonds is 7. The maximum atomic E-state index is 13.8. The molecule has 1 amide bonds. The molecule has 0 bridgehead atoms. The van der Waals surface area contributed by atoms with Gasteiger partial charge in [0.1, 0.15) is 11.6 Å². The number of hydrogen-bond donors (Lipinski definition) is 2. The minimum Gasteiger partial charge on any atom is -0.475 e. The van der Waals surface area contributed by atoms with Gasteiger partial charge < -0.3 is 24.4 Å². The topological polar surface area (TPSA) is 186 Å². The lowest BCUT2D eigenvalue weighted by atomic mass is 9.93. The summed E-state index contributed by atoms with van der Waals surface area (Å²) >= 11 is 0. The van der Waals surface area contributed by atoms with Crippen LogP contribution in [0.3, 0.4) is 0 Å². The Balaban J connectivity index is 0.000000175. The van der Waals surface area contributed by atoms with Gasteiger partial charge in [-0.15, -0.1) is 12.4 Å². The molecule has 316 valence electrons. The fourth-order valence-electron chi connectivity index (χ4n) is 7.07. The number of alkyl halides is 3. The van der Waals surface area contributed by atoms with E-state index in [9.17, 15) is 26.7 Å². The fraction of sp³-hybridized carbons (Fsp3) is 0.459. The van der Waals surface area contributed by atoms with E-state index in [1.165, 1.54) is 24.3 Å². The van der Waals surface area contributed by atoms with Gasteiger partial charge in [-0.1, -0.05) is 13.8 Å². The Morgan fingerprint density at radius 1 is 0.814 bits per heavy atom. The number of benzene rings is 2. The molecule has 0 radical (unpaired) electrons. The summed E-state index contributed by atoms with van der Waals surface area (Å²) in [6.45, 7) is 10.8. The van der Waals surface area contributed by atoms with Gasteiger partial charge in [-0.25, -0.2) is 13.6 Å². The molecule has 0 saturated carbocycles. The van der Waals surface area contributed by atoms with Gasteiger partial charge in [0.05, 0.1) is 34.3 Å². The van der Waals surface area contributed by atoms with Gasteiger partial charge in [0, 0.05) is 75.1 Å². The van der Waals surface area contributed by atoms with Crippen molar-refractivity contribution in [3.05, 3.63) is 71.2 Å². The molecule has 59 heavy (non-hydrogen) atoms. The predicted octanol–water partition coefficient (Wildman–Crippen LogP) is 5.37. The van der Waals surface area contributed by atoms with Crippen LogP contribution >= 0.6 is 12.4 Å². The van der Waals surface area contributed by atoms with Crippen LogP contribution < -0.4 is 5.32 Å². The van der Waals surface area contributed by atoms with Crippen LogP contribution in [-0.2, 0) is 22.4 Å². The number of carbonyl (C=O) groups excluding carboxylic acids is 1. The SMILES string of the molecule is CCc1nn(-c2noc(C3CN(C4CCN(C(C)=O)CC4)C3)n2)c2cc(F)ccc12.CCc1nn(-c2noc(C3CNC3)n2)c2cc(F)ccc12.Cl.O=C(O)C(F)(F)F. The van der Waals surface area contributed by atoms with Crippen LogP contribution in [0.4, 0.5) is 22.0 Å². The van der Waals surface area contributed by atoms with Crippen molar-refractivity contribution in [1.29, 1.82) is 0 Å². The summed E-state index contributed by atoms with van der Waals surface area (Å²) in [7, 11) is 0. The predicted molar refractivity (Wildman–Crippen MR) is 203 cm³/mol. The van der Waals surface area contributed by atoms with E-state index >= 15 is 0 Å². The van der Waals surface area contributed by atoms with Crippen LogP contribution in [0.15, 0.2) is 45.4 Å². The number of likely N-dealkylation sites (tertiary alicyclic amines) is 2. The highest BCUT2D eigenvalue weighted by Gasteiger charge is 2.39. The first kappa shape index (κ1) is 43.0. The molecule has 0 aliphatic carbocycles. The number of piperidine rings is 1. The third-order valence-electron chi connectivity index (χ3n) is 10.4. The van der Waals surface area contributed by atoms with E-state index in [4.69, 9.17) is 18.9 Å². The van der Waals surface area contributed by atoms with Crippen LogP contribution in [0.25, 0.3) is 33.7 Å². The molecule has 3 aliphatic rings. The van der Waals surface area contributed by atoms with Crippen LogP contribution in [0.5, 0.6) is 0 Å². The molecule has 3 saturated heterocycles. The highest BCUT2D eigenvalue weighted by atomic mass is 35.5. The minimum absolute atomic E-state index is 0. The number of carboxylic acids is 1. The number of aryl methyl sites for hydroxylation is 2. The van der Waals surface area contributed by atoms with Crippen LogP contribution in [0, 0.1) is 11.6 Å². The second-order valence-electron chi connectivity index (χ2n) is 14.2. The third kappa shape index (κ3) is 9.21. The maximum Gasteiger partial charge on any atom is 0.490 e. The van der Waals surface area contributed by atoms with Crippen molar-refractivity contribution in [3.8, 4) is 11.9 Å². The van der Waals surface area contributed by atoms with E-state index < -0.39 is 12.1 Å². The number of amides is 1. The van der Waals surface area contributed by atoms with Crippen molar-refractivity contribution in [2.75, 3.05) is 39.3 Å². The average Bonchev–Trinajstić information content (AvgIpc) is 3.96. The van der Waals surface area contributed by atoms with Gasteiger partial charge >= 0.3 is 12.1 Å². The first-order valence-corrected chi connectivity index (χ1v) is 18.8. The van der Waals surface area contributed by atoms with E-state index in [2.05, 4.69) is 40.7 Å². The van der Waals surface area contributed by atoms with E-state index in [1.807, 2.05) is 18.7 Å². The Morgan fingerprint density at radius 3 is 1.66 bits per heavy atom. The maximum absolute atomic E-state index is 13.8. The number of aromatic nitrogens is 8. The molecule has 7 heterocycles. The van der Waals surface area contributed by atoms with Crippen molar-refractivity contribution >= 4 is 46.1 Å². The summed E-state index contributed by atoms with van der Waals surface area (Å²) in [6.07, 6.45) is -1.58. The molecular weight excluding hydrogens is 809 g/mol. The van der Waals surface area contributed by atoms with Crippen LogP contribution in [0.2, 0.25) is 0 Å². The van der Waals surface area contributed by atoms with Gasteiger partial charge in [-0.05, 0) is 60.3 Å². The standard InChI is InChI=1S/C21H25FN6O2.C14H14FN5O.C2HF3O2.ClH/c1-3-18-17-5-4-15(22)10-19(17)28(24-18)21-23-20(30-25-21)14-11-27(12-14)16-6-8-26(9-7-16)13(2)29;1-2-11-10-4-3-9(15)5-12(10)20(18-11)14-17-13(21-19-14)8-6-16-7-8;3-2(4,5)1(6)7;/h4-5,10,14,16H,3,6-9,11-12H2,1-2H3;3-5,8,16H,2,6-7H2,1H3;(H,6,7);1H. The van der Waals surface area contributed by atoms with Gasteiger partial charge in [0.2, 0.25) is 17.7 Å². The monoisotopic (exact) mass is 849 g/mol. The summed E-state index contributed by atoms with van der Waals surface area (Å²) in [4.78, 5) is 33.7. The molecule has 3 aliphatic heterocycles. The number of fused-ring (bicyclic) bond motifs is 2. The summed E-state index contributed by atoms with van der Waals surface area (Å²) < 4.78 is 73.0. The fourth-order valence-corrected chi connectivity index (χ4v) is 7.07. The van der Waals surface area contributed by atoms with Crippen molar-refractivity contribution < 1.29 is 45.7 Å². The molecular formula is C37H41ClF5N11O5. The first-order chi connectivity index (χ1) is 27.7. The average molecular weight is 850 g/mol. The van der Waals surface area contributed by atoms with Crippen molar-refractivity contribution in [3.63, 3.8) is 0 Å². The highest BCUT2D eigenvalue weighted by Crippen LogP contribution is 2.32. The smallest absolute Gasteiger partial charge is 0.475 e. The second kappa shape index (κ2) is 17.8. The van der Waals surface area contributed by atoms with Gasteiger partial charge in [0.25, 0.3) is 11.9 Å². The molecule has 2 aromatic carbocycles. The molecule has 0 spiro atoms. The number of halogens is 6. The Hall–Kier alpha value is -5.54. The summed E-state index contributed by atoms with van der Waals surface area (Å²) in [5.41, 5.74) is 3.07. The van der Waals surface area contributed by atoms with E-state index in [-0.39, 0.29) is 41.8 Å². The number of aliphatic carboxylic acids is 1.